The summed E-state index contributed by atoms with van der Waals surface area (Å²) in [5, 5.41) is 3.36. The highest BCUT2D eigenvalue weighted by atomic mass is 19.4. The van der Waals surface area contributed by atoms with Gasteiger partial charge in [0.25, 0.3) is 11.5 Å². The minimum atomic E-state index is -4.48. The second-order valence-electron chi connectivity index (χ2n) is 7.60. The van der Waals surface area contributed by atoms with Gasteiger partial charge in [-0.1, -0.05) is 6.07 Å². The van der Waals surface area contributed by atoms with Crippen LogP contribution in [0.25, 0.3) is 16.7 Å². The summed E-state index contributed by atoms with van der Waals surface area (Å²) in [6, 6.07) is 12.5. The zero-order valence-electron chi connectivity index (χ0n) is 17.7. The molecule has 1 aromatic carbocycles. The van der Waals surface area contributed by atoms with Gasteiger partial charge >= 0.3 is 6.18 Å². The first-order valence-corrected chi connectivity index (χ1v) is 10.1. The Balaban J connectivity index is 1.71. The Morgan fingerprint density at radius 3 is 2.42 bits per heavy atom. The van der Waals surface area contributed by atoms with Crippen molar-refractivity contribution in [3.63, 3.8) is 0 Å². The number of aromatic nitrogens is 3. The summed E-state index contributed by atoms with van der Waals surface area (Å²) in [6.07, 6.45) is -1.51. The highest BCUT2D eigenvalue weighted by molar-refractivity contribution is 5.97. The third-order valence-corrected chi connectivity index (χ3v) is 5.21. The van der Waals surface area contributed by atoms with Crippen LogP contribution in [-0.4, -0.2) is 20.4 Å². The normalized spacial score (nSPS) is 12.5. The van der Waals surface area contributed by atoms with Gasteiger partial charge in [-0.2, -0.15) is 13.2 Å². The summed E-state index contributed by atoms with van der Waals surface area (Å²) in [5.74, 6) is -0.368. The lowest BCUT2D eigenvalue weighted by atomic mass is 10.1. The predicted octanol–water partition coefficient (Wildman–Crippen LogP) is 4.60. The number of nitrogens with zero attached hydrogens (tertiary/aromatic N) is 3. The number of nitrogens with one attached hydrogen (secondary N) is 1. The van der Waals surface area contributed by atoms with E-state index in [1.165, 1.54) is 22.9 Å². The molecule has 4 aromatic rings. The van der Waals surface area contributed by atoms with E-state index in [1.807, 2.05) is 6.07 Å². The third kappa shape index (κ3) is 4.48. The Kier molecular flexibility index (Phi) is 5.71. The zero-order chi connectivity index (χ0) is 23.8. The first kappa shape index (κ1) is 22.2. The average Bonchev–Trinajstić information content (AvgIpc) is 2.79. The van der Waals surface area contributed by atoms with Crippen molar-refractivity contribution in [3.8, 4) is 5.69 Å². The fourth-order valence-electron chi connectivity index (χ4n) is 3.48. The lowest BCUT2D eigenvalue weighted by Crippen LogP contribution is -2.27. The summed E-state index contributed by atoms with van der Waals surface area (Å²) in [4.78, 5) is 34.1. The standard InChI is InChI=1S/C24H19F3N4O2/c1-14-11-16-12-17(22(32)30-15(2)20-5-3-4-10-28-20)13-29-21(16)31(23(14)33)19-8-6-18(7-9-19)24(25,26)27/h3-13,15H,1-2H3,(H,30,32)/t15-/m0/s1. The van der Waals surface area contributed by atoms with Gasteiger partial charge in [-0.05, 0) is 62.4 Å². The van der Waals surface area contributed by atoms with Gasteiger partial charge in [-0.15, -0.1) is 0 Å². The minimum Gasteiger partial charge on any atom is -0.344 e. The number of pyridine rings is 3. The number of halogens is 3. The van der Waals surface area contributed by atoms with Crippen LogP contribution in [0.1, 0.15) is 40.1 Å². The summed E-state index contributed by atoms with van der Waals surface area (Å²) < 4.78 is 40.0. The third-order valence-electron chi connectivity index (χ3n) is 5.21. The number of alkyl halides is 3. The smallest absolute Gasteiger partial charge is 0.344 e. The van der Waals surface area contributed by atoms with E-state index in [2.05, 4.69) is 15.3 Å². The quantitative estimate of drug-likeness (QED) is 0.491. The number of fused-ring (bicyclic) bond motifs is 1. The maximum Gasteiger partial charge on any atom is 0.416 e. The fourth-order valence-corrected chi connectivity index (χ4v) is 3.48. The molecule has 4 rings (SSSR count). The van der Waals surface area contributed by atoms with Crippen molar-refractivity contribution in [1.82, 2.24) is 19.9 Å². The molecule has 9 heteroatoms. The molecule has 0 aliphatic rings. The van der Waals surface area contributed by atoms with Crippen LogP contribution in [0, 0.1) is 6.92 Å². The minimum absolute atomic E-state index is 0.236. The molecule has 0 fully saturated rings. The van der Waals surface area contributed by atoms with E-state index >= 15 is 0 Å². The number of aryl methyl sites for hydroxylation is 1. The van der Waals surface area contributed by atoms with Gasteiger partial charge in [0.1, 0.15) is 5.65 Å². The number of carbonyl (C=O) groups is 1. The van der Waals surface area contributed by atoms with Gasteiger partial charge in [0.15, 0.2) is 0 Å². The van der Waals surface area contributed by atoms with Crippen LogP contribution in [-0.2, 0) is 6.18 Å². The molecule has 0 saturated carbocycles. The highest BCUT2D eigenvalue weighted by Gasteiger charge is 2.30. The molecule has 3 heterocycles. The van der Waals surface area contributed by atoms with Gasteiger partial charge in [-0.3, -0.25) is 19.1 Å². The second-order valence-corrected chi connectivity index (χ2v) is 7.60. The van der Waals surface area contributed by atoms with E-state index in [1.54, 1.807) is 44.3 Å². The largest absolute Gasteiger partial charge is 0.416 e. The molecular formula is C24H19F3N4O2. The van der Waals surface area contributed by atoms with Crippen molar-refractivity contribution in [2.45, 2.75) is 26.1 Å². The van der Waals surface area contributed by atoms with Crippen LogP contribution < -0.4 is 10.9 Å². The molecule has 3 aromatic heterocycles. The van der Waals surface area contributed by atoms with E-state index in [0.29, 0.717) is 16.6 Å². The number of hydrogen-bond donors (Lipinski definition) is 1. The van der Waals surface area contributed by atoms with Crippen molar-refractivity contribution in [2.24, 2.45) is 0 Å². The first-order valence-electron chi connectivity index (χ1n) is 10.1. The second kappa shape index (κ2) is 8.50. The van der Waals surface area contributed by atoms with Crippen LogP contribution in [0.3, 0.4) is 0 Å². The van der Waals surface area contributed by atoms with Crippen molar-refractivity contribution >= 4 is 16.9 Å². The molecule has 1 N–H and O–H groups in total. The maximum atomic E-state index is 12.9. The van der Waals surface area contributed by atoms with Crippen LogP contribution in [0.4, 0.5) is 13.2 Å². The molecule has 1 atom stereocenters. The molecule has 0 bridgehead atoms. The Bertz CT molecular complexity index is 1380. The van der Waals surface area contributed by atoms with Gasteiger partial charge < -0.3 is 5.32 Å². The molecule has 1 amide bonds. The van der Waals surface area contributed by atoms with E-state index < -0.39 is 17.3 Å². The van der Waals surface area contributed by atoms with Crippen molar-refractivity contribution in [3.05, 3.63) is 99.7 Å². The molecule has 33 heavy (non-hydrogen) atoms. The number of carbonyl (C=O) groups excluding carboxylic acids is 1. The van der Waals surface area contributed by atoms with E-state index in [0.717, 1.165) is 12.1 Å². The first-order chi connectivity index (χ1) is 15.6. The van der Waals surface area contributed by atoms with Gasteiger partial charge in [0.05, 0.1) is 28.6 Å². The van der Waals surface area contributed by atoms with E-state index in [9.17, 15) is 22.8 Å². The maximum absolute atomic E-state index is 12.9. The van der Waals surface area contributed by atoms with Gasteiger partial charge in [0, 0.05) is 23.3 Å². The topological polar surface area (TPSA) is 76.9 Å². The molecule has 0 saturated heterocycles. The average molecular weight is 452 g/mol. The molecule has 0 unspecified atom stereocenters. The number of amides is 1. The Hall–Kier alpha value is -4.01. The monoisotopic (exact) mass is 452 g/mol. The summed E-state index contributed by atoms with van der Waals surface area (Å²) in [7, 11) is 0. The van der Waals surface area contributed by atoms with Crippen molar-refractivity contribution < 1.29 is 18.0 Å². The van der Waals surface area contributed by atoms with Crippen molar-refractivity contribution in [1.29, 1.82) is 0 Å². The SMILES string of the molecule is Cc1cc2cc(C(=O)N[C@@H](C)c3ccccn3)cnc2n(-c2ccc(C(F)(F)F)cc2)c1=O. The van der Waals surface area contributed by atoms with Crippen LogP contribution in [0.5, 0.6) is 0 Å². The molecule has 0 radical (unpaired) electrons. The Morgan fingerprint density at radius 1 is 1.06 bits per heavy atom. The predicted molar refractivity (Wildman–Crippen MR) is 117 cm³/mol. The summed E-state index contributed by atoms with van der Waals surface area (Å²) in [5.41, 5.74) is 0.605. The van der Waals surface area contributed by atoms with Crippen LogP contribution >= 0.6 is 0 Å². The molecule has 168 valence electrons. The molecular weight excluding hydrogens is 433 g/mol. The summed E-state index contributed by atoms with van der Waals surface area (Å²) in [6.45, 7) is 3.40. The van der Waals surface area contributed by atoms with E-state index in [-0.39, 0.29) is 28.8 Å². The molecule has 0 aliphatic heterocycles. The van der Waals surface area contributed by atoms with E-state index in [4.69, 9.17) is 0 Å². The Labute approximate surface area is 186 Å². The molecule has 0 aliphatic carbocycles. The number of benzene rings is 1. The van der Waals surface area contributed by atoms with Crippen molar-refractivity contribution in [2.75, 3.05) is 0 Å². The van der Waals surface area contributed by atoms with Crippen LogP contribution in [0.15, 0.2) is 71.8 Å². The van der Waals surface area contributed by atoms with Gasteiger partial charge in [0.2, 0.25) is 0 Å². The summed E-state index contributed by atoms with van der Waals surface area (Å²) >= 11 is 0. The lowest BCUT2D eigenvalue weighted by molar-refractivity contribution is -0.137. The highest BCUT2D eigenvalue weighted by Crippen LogP contribution is 2.30. The molecule has 6 nitrogen and oxygen atoms in total. The van der Waals surface area contributed by atoms with Gasteiger partial charge in [-0.25, -0.2) is 4.98 Å². The number of rotatable bonds is 4. The van der Waals surface area contributed by atoms with Crippen LogP contribution in [0.2, 0.25) is 0 Å². The molecule has 0 spiro atoms. The number of hydrogen-bond acceptors (Lipinski definition) is 4. The lowest BCUT2D eigenvalue weighted by Gasteiger charge is -2.15. The fraction of sp³-hybridized carbons (Fsp3) is 0.167. The zero-order valence-corrected chi connectivity index (χ0v) is 17.7. The Morgan fingerprint density at radius 2 is 1.79 bits per heavy atom.